The van der Waals surface area contributed by atoms with Gasteiger partial charge in [-0.2, -0.15) is 4.72 Å². The molecule has 2 N–H and O–H groups in total. The van der Waals surface area contributed by atoms with Gasteiger partial charge < -0.3 is 10.1 Å². The molecular weight excluding hydrogens is 532 g/mol. The highest BCUT2D eigenvalue weighted by molar-refractivity contribution is 7.89. The van der Waals surface area contributed by atoms with Crippen LogP contribution in [0.3, 0.4) is 0 Å². The molecule has 0 bridgehead atoms. The SMILES string of the molecule is CC(C)C(NS(=O)(=O)c1ccccc1)C(=O)OCC(=O)Nc1cc2c(cc1Cl)C(=O)c1ccccc1C2=O. The van der Waals surface area contributed by atoms with Crippen molar-refractivity contribution in [2.75, 3.05) is 11.9 Å². The number of anilines is 1. The van der Waals surface area contributed by atoms with Crippen LogP contribution in [0.2, 0.25) is 5.02 Å². The van der Waals surface area contributed by atoms with Gasteiger partial charge in [0.05, 0.1) is 15.6 Å². The van der Waals surface area contributed by atoms with Crippen LogP contribution < -0.4 is 10.0 Å². The van der Waals surface area contributed by atoms with Gasteiger partial charge >= 0.3 is 5.97 Å². The van der Waals surface area contributed by atoms with E-state index in [1.54, 1.807) is 56.3 Å². The third kappa shape index (κ3) is 5.52. The van der Waals surface area contributed by atoms with Crippen molar-refractivity contribution in [1.82, 2.24) is 4.72 Å². The van der Waals surface area contributed by atoms with Crippen LogP contribution in [0.5, 0.6) is 0 Å². The summed E-state index contributed by atoms with van der Waals surface area (Å²) in [6, 6.07) is 15.3. The largest absolute Gasteiger partial charge is 0.454 e. The van der Waals surface area contributed by atoms with Gasteiger partial charge in [-0.15, -0.1) is 0 Å². The van der Waals surface area contributed by atoms with E-state index < -0.39 is 40.5 Å². The fourth-order valence-electron chi connectivity index (χ4n) is 3.92. The number of amides is 1. The number of nitrogens with one attached hydrogen (secondary N) is 2. The van der Waals surface area contributed by atoms with E-state index in [1.165, 1.54) is 24.3 Å². The lowest BCUT2D eigenvalue weighted by Gasteiger charge is -2.21. The molecule has 3 aromatic rings. The molecule has 0 spiro atoms. The standard InChI is InChI=1S/C27H23ClN2O7S/c1-15(2)24(30-38(35,36)16-8-4-3-5-9-16)27(34)37-14-23(31)29-22-13-20-19(12-21(22)28)25(32)17-10-6-7-11-18(17)26(20)33/h3-13,15,24,30H,14H2,1-2H3,(H,29,31). The average Bonchev–Trinajstić information content (AvgIpc) is 2.90. The molecule has 1 unspecified atom stereocenters. The molecule has 0 saturated heterocycles. The van der Waals surface area contributed by atoms with E-state index in [4.69, 9.17) is 16.3 Å². The Labute approximate surface area is 224 Å². The van der Waals surface area contributed by atoms with Gasteiger partial charge in [-0.25, -0.2) is 8.42 Å². The first-order chi connectivity index (χ1) is 18.0. The van der Waals surface area contributed by atoms with Crippen molar-refractivity contribution in [3.63, 3.8) is 0 Å². The second kappa shape index (κ2) is 10.9. The number of carbonyl (C=O) groups excluding carboxylic acids is 4. The zero-order valence-electron chi connectivity index (χ0n) is 20.4. The van der Waals surface area contributed by atoms with Crippen molar-refractivity contribution in [2.45, 2.75) is 24.8 Å². The Kier molecular flexibility index (Phi) is 7.77. The predicted octanol–water partition coefficient (Wildman–Crippen LogP) is 3.60. The van der Waals surface area contributed by atoms with Crippen molar-refractivity contribution in [2.24, 2.45) is 5.92 Å². The van der Waals surface area contributed by atoms with Gasteiger partial charge in [-0.1, -0.05) is 67.9 Å². The zero-order chi connectivity index (χ0) is 27.6. The first-order valence-corrected chi connectivity index (χ1v) is 13.4. The average molecular weight is 555 g/mol. The molecule has 4 rings (SSSR count). The third-order valence-corrected chi connectivity index (χ3v) is 7.66. The van der Waals surface area contributed by atoms with Crippen LogP contribution in [-0.2, 0) is 24.3 Å². The number of halogens is 1. The number of esters is 1. The summed E-state index contributed by atoms with van der Waals surface area (Å²) in [5, 5.41) is 2.48. The highest BCUT2D eigenvalue weighted by Gasteiger charge is 2.32. The van der Waals surface area contributed by atoms with Crippen LogP contribution in [0, 0.1) is 5.92 Å². The normalized spacial score (nSPS) is 13.5. The lowest BCUT2D eigenvalue weighted by Crippen LogP contribution is -2.45. The summed E-state index contributed by atoms with van der Waals surface area (Å²) in [5.74, 6) is -2.95. The summed E-state index contributed by atoms with van der Waals surface area (Å²) in [4.78, 5) is 51.0. The van der Waals surface area contributed by atoms with Crippen molar-refractivity contribution < 1.29 is 32.3 Å². The van der Waals surface area contributed by atoms with Crippen LogP contribution in [0.4, 0.5) is 5.69 Å². The summed E-state index contributed by atoms with van der Waals surface area (Å²) in [6.45, 7) is 2.52. The molecule has 0 fully saturated rings. The first kappa shape index (κ1) is 27.2. The Morgan fingerprint density at radius 1 is 0.868 bits per heavy atom. The molecule has 0 aliphatic heterocycles. The van der Waals surface area contributed by atoms with Crippen molar-refractivity contribution in [3.8, 4) is 0 Å². The summed E-state index contributed by atoms with van der Waals surface area (Å²) in [5.41, 5.74) is 0.773. The lowest BCUT2D eigenvalue weighted by atomic mass is 9.84. The highest BCUT2D eigenvalue weighted by Crippen LogP contribution is 2.33. The van der Waals surface area contributed by atoms with Crippen LogP contribution in [0.25, 0.3) is 0 Å². The zero-order valence-corrected chi connectivity index (χ0v) is 21.9. The summed E-state index contributed by atoms with van der Waals surface area (Å²) >= 11 is 6.27. The molecule has 196 valence electrons. The second-order valence-corrected chi connectivity index (χ2v) is 11.0. The Morgan fingerprint density at radius 3 is 2.00 bits per heavy atom. The first-order valence-electron chi connectivity index (χ1n) is 11.6. The molecule has 11 heteroatoms. The minimum Gasteiger partial charge on any atom is -0.454 e. The molecule has 3 aromatic carbocycles. The summed E-state index contributed by atoms with van der Waals surface area (Å²) < 4.78 is 32.7. The van der Waals surface area contributed by atoms with Gasteiger partial charge in [-0.3, -0.25) is 19.2 Å². The number of rotatable bonds is 8. The van der Waals surface area contributed by atoms with E-state index >= 15 is 0 Å². The summed E-state index contributed by atoms with van der Waals surface area (Å²) in [6.07, 6.45) is 0. The smallest absolute Gasteiger partial charge is 0.324 e. The molecule has 1 aliphatic carbocycles. The number of ketones is 2. The molecule has 0 saturated carbocycles. The Hall–Kier alpha value is -3.86. The molecule has 38 heavy (non-hydrogen) atoms. The minimum atomic E-state index is -4.01. The Bertz CT molecular complexity index is 1550. The van der Waals surface area contributed by atoms with Gasteiger partial charge in [0.15, 0.2) is 18.2 Å². The topological polar surface area (TPSA) is 136 Å². The van der Waals surface area contributed by atoms with Crippen LogP contribution in [-0.4, -0.2) is 44.5 Å². The van der Waals surface area contributed by atoms with Gasteiger partial charge in [-0.05, 0) is 30.2 Å². The van der Waals surface area contributed by atoms with E-state index in [-0.39, 0.29) is 49.4 Å². The van der Waals surface area contributed by atoms with Gasteiger partial charge in [0, 0.05) is 22.3 Å². The molecule has 1 atom stereocenters. The van der Waals surface area contributed by atoms with Gasteiger partial charge in [0.1, 0.15) is 6.04 Å². The van der Waals surface area contributed by atoms with E-state index in [2.05, 4.69) is 10.0 Å². The molecular formula is C27H23ClN2O7S. The lowest BCUT2D eigenvalue weighted by molar-refractivity contribution is -0.150. The Balaban J connectivity index is 1.44. The number of benzene rings is 3. The maximum Gasteiger partial charge on any atom is 0.324 e. The number of hydrogen-bond donors (Lipinski definition) is 2. The number of ether oxygens (including phenoxy) is 1. The fourth-order valence-corrected chi connectivity index (χ4v) is 5.48. The molecule has 1 amide bonds. The van der Waals surface area contributed by atoms with E-state index in [1.807, 2.05) is 0 Å². The Morgan fingerprint density at radius 2 is 1.42 bits per heavy atom. The molecule has 9 nitrogen and oxygen atoms in total. The minimum absolute atomic E-state index is 0.0136. The van der Waals surface area contributed by atoms with E-state index in [0.717, 1.165) is 0 Å². The van der Waals surface area contributed by atoms with E-state index in [9.17, 15) is 27.6 Å². The third-order valence-electron chi connectivity index (χ3n) is 5.89. The van der Waals surface area contributed by atoms with Crippen molar-refractivity contribution in [1.29, 1.82) is 0 Å². The maximum atomic E-state index is 12.9. The molecule has 1 aliphatic rings. The molecule has 0 heterocycles. The quantitative estimate of drug-likeness (QED) is 0.318. The molecule has 0 aromatic heterocycles. The van der Waals surface area contributed by atoms with Gasteiger partial charge in [0.2, 0.25) is 10.0 Å². The van der Waals surface area contributed by atoms with Gasteiger partial charge in [0.25, 0.3) is 5.91 Å². The molecule has 0 radical (unpaired) electrons. The summed E-state index contributed by atoms with van der Waals surface area (Å²) in [7, 11) is -4.01. The number of carbonyl (C=O) groups is 4. The number of fused-ring (bicyclic) bond motifs is 2. The van der Waals surface area contributed by atoms with Crippen molar-refractivity contribution in [3.05, 3.63) is 94.0 Å². The van der Waals surface area contributed by atoms with Crippen LogP contribution >= 0.6 is 11.6 Å². The maximum absolute atomic E-state index is 12.9. The van der Waals surface area contributed by atoms with Crippen LogP contribution in [0.1, 0.15) is 45.7 Å². The second-order valence-electron chi connectivity index (χ2n) is 8.89. The number of sulfonamides is 1. The van der Waals surface area contributed by atoms with Crippen molar-refractivity contribution >= 4 is 50.8 Å². The highest BCUT2D eigenvalue weighted by atomic mass is 35.5. The monoisotopic (exact) mass is 554 g/mol. The van der Waals surface area contributed by atoms with Crippen LogP contribution in [0.15, 0.2) is 71.6 Å². The number of hydrogen-bond acceptors (Lipinski definition) is 7. The predicted molar refractivity (Wildman–Crippen MR) is 140 cm³/mol. The van der Waals surface area contributed by atoms with E-state index in [0.29, 0.717) is 0 Å². The fraction of sp³-hybridized carbons (Fsp3) is 0.185.